The average Bonchev–Trinajstić information content (AvgIpc) is 2.81. The Hall–Kier alpha value is -2.16. The maximum absolute atomic E-state index is 13.8. The van der Waals surface area contributed by atoms with Crippen molar-refractivity contribution in [1.29, 1.82) is 0 Å². The number of likely N-dealkylation sites (tertiary alicyclic amines) is 1. The van der Waals surface area contributed by atoms with E-state index in [0.29, 0.717) is 32.4 Å². The number of fused-ring (bicyclic) bond motifs is 1. The Morgan fingerprint density at radius 2 is 1.83 bits per heavy atom. The molecule has 2 heterocycles. The van der Waals surface area contributed by atoms with Gasteiger partial charge in [-0.15, -0.1) is 0 Å². The third kappa shape index (κ3) is 5.06. The summed E-state index contributed by atoms with van der Waals surface area (Å²) in [6.07, 6.45) is 1.69. The Bertz CT molecular complexity index is 922. The third-order valence-corrected chi connectivity index (χ3v) is 8.40. The number of carbonyl (C=O) groups is 2. The zero-order chi connectivity index (χ0) is 26.0. The molecule has 0 aliphatic carbocycles. The van der Waals surface area contributed by atoms with Crippen molar-refractivity contribution in [2.75, 3.05) is 53.4 Å². The maximum Gasteiger partial charge on any atom is 0.326 e. The molecular formula is C27H44N4O4. The van der Waals surface area contributed by atoms with Gasteiger partial charge in [-0.2, -0.15) is 0 Å². The number of phenols is 1. The van der Waals surface area contributed by atoms with Crippen molar-refractivity contribution >= 4 is 11.9 Å². The quantitative estimate of drug-likeness (QED) is 0.640. The van der Waals surface area contributed by atoms with Crippen LogP contribution in [0.3, 0.4) is 0 Å². The maximum atomic E-state index is 13.8. The molecule has 2 saturated heterocycles. The average molecular weight is 489 g/mol. The van der Waals surface area contributed by atoms with Crippen molar-refractivity contribution in [3.8, 4) is 5.75 Å². The number of piperidine rings is 1. The number of aromatic hydroxyl groups is 1. The predicted octanol–water partition coefficient (Wildman–Crippen LogP) is 2.80. The molecule has 2 fully saturated rings. The van der Waals surface area contributed by atoms with E-state index in [0.717, 1.165) is 30.8 Å². The molecule has 2 aliphatic heterocycles. The largest absolute Gasteiger partial charge is 0.508 e. The molecule has 1 aromatic carbocycles. The smallest absolute Gasteiger partial charge is 0.326 e. The highest BCUT2D eigenvalue weighted by molar-refractivity contribution is 5.95. The standard InChI is InChI=1S/C27H44N4O4/c1-7-29-14-9-12-27(35)21(4)30(17-16-28(5)6)15-13-26(27,19-24(33)31(8-2)25(29)34)23-18-22(32)11-10-20(23)3/h10-11,18,21,32,35H,7-9,12-17,19H2,1-6H3/t21-,26-,27-/m1/s1. The molecule has 3 amide bonds. The molecule has 2 aliphatic rings. The SMILES string of the molecule is CCN1CCC[C@@]2(O)[C@@H](C)N(CCN(C)C)CC[C@]2(c2cc(O)ccc2C)CC(=O)N(CC)C1=O. The van der Waals surface area contributed by atoms with Gasteiger partial charge < -0.3 is 20.0 Å². The van der Waals surface area contributed by atoms with Crippen LogP contribution in [0.15, 0.2) is 18.2 Å². The van der Waals surface area contributed by atoms with Crippen molar-refractivity contribution in [3.63, 3.8) is 0 Å². The molecule has 0 unspecified atom stereocenters. The van der Waals surface area contributed by atoms with Crippen LogP contribution in [0.25, 0.3) is 0 Å². The molecule has 8 nitrogen and oxygen atoms in total. The highest BCUT2D eigenvalue weighted by atomic mass is 16.3. The van der Waals surface area contributed by atoms with Crippen LogP contribution in [0.2, 0.25) is 0 Å². The number of benzene rings is 1. The van der Waals surface area contributed by atoms with Gasteiger partial charge in [0.2, 0.25) is 5.91 Å². The third-order valence-electron chi connectivity index (χ3n) is 8.40. The fourth-order valence-electron chi connectivity index (χ4n) is 6.23. The Labute approximate surface area is 210 Å². The van der Waals surface area contributed by atoms with Crippen molar-refractivity contribution in [1.82, 2.24) is 19.6 Å². The van der Waals surface area contributed by atoms with Gasteiger partial charge in [0.25, 0.3) is 0 Å². The molecular weight excluding hydrogens is 444 g/mol. The van der Waals surface area contributed by atoms with Gasteiger partial charge in [-0.1, -0.05) is 6.07 Å². The summed E-state index contributed by atoms with van der Waals surface area (Å²) in [6.45, 7) is 11.5. The second-order valence-electron chi connectivity index (χ2n) is 10.6. The lowest BCUT2D eigenvalue weighted by Gasteiger charge is -2.59. The predicted molar refractivity (Wildman–Crippen MR) is 138 cm³/mol. The van der Waals surface area contributed by atoms with Gasteiger partial charge in [-0.25, -0.2) is 4.79 Å². The first-order valence-corrected chi connectivity index (χ1v) is 13.0. The molecule has 196 valence electrons. The fraction of sp³-hybridized carbons (Fsp3) is 0.704. The van der Waals surface area contributed by atoms with E-state index >= 15 is 0 Å². The van der Waals surface area contributed by atoms with Crippen LogP contribution < -0.4 is 0 Å². The molecule has 0 bridgehead atoms. The summed E-state index contributed by atoms with van der Waals surface area (Å²) < 4.78 is 0. The second-order valence-corrected chi connectivity index (χ2v) is 10.6. The Balaban J connectivity index is 2.18. The molecule has 0 spiro atoms. The Kier molecular flexibility index (Phi) is 8.50. The van der Waals surface area contributed by atoms with Crippen LogP contribution >= 0.6 is 0 Å². The summed E-state index contributed by atoms with van der Waals surface area (Å²) >= 11 is 0. The van der Waals surface area contributed by atoms with Crippen LogP contribution in [0, 0.1) is 6.92 Å². The monoisotopic (exact) mass is 488 g/mol. The van der Waals surface area contributed by atoms with Crippen molar-refractivity contribution in [2.45, 2.75) is 70.4 Å². The zero-order valence-corrected chi connectivity index (χ0v) is 22.4. The number of nitrogens with zero attached hydrogens (tertiary/aromatic N) is 4. The van der Waals surface area contributed by atoms with E-state index in [2.05, 4.69) is 16.7 Å². The lowest BCUT2D eigenvalue weighted by atomic mass is 9.56. The van der Waals surface area contributed by atoms with E-state index < -0.39 is 11.0 Å². The van der Waals surface area contributed by atoms with E-state index in [9.17, 15) is 19.8 Å². The van der Waals surface area contributed by atoms with Crippen LogP contribution in [0.1, 0.15) is 57.6 Å². The van der Waals surface area contributed by atoms with Crippen molar-refractivity contribution in [3.05, 3.63) is 29.3 Å². The highest BCUT2D eigenvalue weighted by Gasteiger charge is 2.59. The number of carbonyl (C=O) groups excluding carboxylic acids is 2. The summed E-state index contributed by atoms with van der Waals surface area (Å²) in [7, 11) is 4.09. The first kappa shape index (κ1) is 27.4. The topological polar surface area (TPSA) is 87.6 Å². The van der Waals surface area contributed by atoms with Crippen LogP contribution in [-0.2, 0) is 10.2 Å². The Morgan fingerprint density at radius 1 is 1.11 bits per heavy atom. The summed E-state index contributed by atoms with van der Waals surface area (Å²) in [5.74, 6) is -0.150. The molecule has 3 rings (SSSR count). The van der Waals surface area contributed by atoms with Gasteiger partial charge in [0.1, 0.15) is 5.75 Å². The minimum Gasteiger partial charge on any atom is -0.508 e. The van der Waals surface area contributed by atoms with Crippen molar-refractivity contribution in [2.24, 2.45) is 0 Å². The van der Waals surface area contributed by atoms with E-state index in [1.54, 1.807) is 17.0 Å². The fourth-order valence-corrected chi connectivity index (χ4v) is 6.23. The van der Waals surface area contributed by atoms with E-state index in [1.165, 1.54) is 4.90 Å². The molecule has 0 aromatic heterocycles. The number of amides is 3. The van der Waals surface area contributed by atoms with Gasteiger partial charge in [0.05, 0.1) is 5.60 Å². The lowest BCUT2D eigenvalue weighted by Crippen LogP contribution is -2.69. The van der Waals surface area contributed by atoms with Crippen LogP contribution in [0.4, 0.5) is 4.79 Å². The molecule has 8 heteroatoms. The lowest BCUT2D eigenvalue weighted by molar-refractivity contribution is -0.157. The first-order valence-electron chi connectivity index (χ1n) is 13.0. The number of phenolic OH excluding ortho intramolecular Hbond substituents is 1. The molecule has 0 radical (unpaired) electrons. The van der Waals surface area contributed by atoms with Crippen LogP contribution in [-0.4, -0.2) is 107 Å². The molecule has 1 aromatic rings. The minimum absolute atomic E-state index is 0.0246. The number of hydrogen-bond acceptors (Lipinski definition) is 6. The zero-order valence-electron chi connectivity index (χ0n) is 22.4. The van der Waals surface area contributed by atoms with Gasteiger partial charge >= 0.3 is 6.03 Å². The normalized spacial score (nSPS) is 29.0. The summed E-state index contributed by atoms with van der Waals surface area (Å²) in [5.41, 5.74) is -0.387. The highest BCUT2D eigenvalue weighted by Crippen LogP contribution is 2.52. The number of likely N-dealkylation sites (N-methyl/N-ethyl adjacent to an activating group) is 1. The van der Waals surface area contributed by atoms with Gasteiger partial charge in [0.15, 0.2) is 0 Å². The summed E-state index contributed by atoms with van der Waals surface area (Å²) in [4.78, 5) is 34.5. The van der Waals surface area contributed by atoms with Gasteiger partial charge in [-0.05, 0) is 90.9 Å². The molecule has 0 saturated carbocycles. The number of aliphatic hydroxyl groups is 1. The number of aryl methyl sites for hydroxylation is 1. The number of hydrogen-bond donors (Lipinski definition) is 2. The molecule has 35 heavy (non-hydrogen) atoms. The summed E-state index contributed by atoms with van der Waals surface area (Å²) in [5, 5.41) is 23.2. The minimum atomic E-state index is -1.22. The van der Waals surface area contributed by atoms with E-state index in [4.69, 9.17) is 0 Å². The van der Waals surface area contributed by atoms with Gasteiger partial charge in [-0.3, -0.25) is 14.6 Å². The van der Waals surface area contributed by atoms with Crippen molar-refractivity contribution < 1.29 is 19.8 Å². The first-order chi connectivity index (χ1) is 16.5. The molecule has 2 N–H and O–H groups in total. The van der Waals surface area contributed by atoms with E-state index in [1.807, 2.05) is 40.9 Å². The second kappa shape index (κ2) is 10.8. The number of urea groups is 1. The van der Waals surface area contributed by atoms with Gasteiger partial charge in [0, 0.05) is 50.6 Å². The Morgan fingerprint density at radius 3 is 2.46 bits per heavy atom. The number of rotatable bonds is 6. The summed E-state index contributed by atoms with van der Waals surface area (Å²) in [6, 6.07) is 4.76. The molecule has 3 atom stereocenters. The van der Waals surface area contributed by atoms with Crippen LogP contribution in [0.5, 0.6) is 5.75 Å². The number of imide groups is 1. The van der Waals surface area contributed by atoms with E-state index in [-0.39, 0.29) is 36.7 Å².